The first-order chi connectivity index (χ1) is 10.1. The smallest absolute Gasteiger partial charge is 0.292 e. The Hall–Kier alpha value is -1.35. The molecule has 2 atom stereocenters. The molecule has 115 valence electrons. The van der Waals surface area contributed by atoms with Crippen LogP contribution in [0.4, 0.5) is 0 Å². The van der Waals surface area contributed by atoms with Gasteiger partial charge in [0.05, 0.1) is 5.56 Å². The first kappa shape index (κ1) is 16.0. The molecule has 1 fully saturated rings. The lowest BCUT2D eigenvalue weighted by Gasteiger charge is -2.29. The molecular weight excluding hydrogens is 264 g/mol. The lowest BCUT2D eigenvalue weighted by molar-refractivity contribution is -0.248. The Kier molecular flexibility index (Phi) is 5.80. The van der Waals surface area contributed by atoms with E-state index in [2.05, 4.69) is 20.8 Å². The third-order valence-electron chi connectivity index (χ3n) is 4.14. The van der Waals surface area contributed by atoms with E-state index < -0.39 is 5.97 Å². The lowest BCUT2D eigenvalue weighted by Crippen LogP contribution is -2.23. The average Bonchev–Trinajstić information content (AvgIpc) is 2.49. The van der Waals surface area contributed by atoms with Crippen LogP contribution < -0.4 is 0 Å². The van der Waals surface area contributed by atoms with Gasteiger partial charge in [-0.05, 0) is 48.8 Å². The maximum absolute atomic E-state index is 12.0. The van der Waals surface area contributed by atoms with E-state index in [1.165, 1.54) is 12.0 Å². The number of carbonyl (C=O) groups excluding carboxylic acids is 1. The summed E-state index contributed by atoms with van der Waals surface area (Å²) in [5.41, 5.74) is 1.77. The second-order valence-corrected chi connectivity index (χ2v) is 6.16. The highest BCUT2D eigenvalue weighted by atomic mass is 17.2. The highest BCUT2D eigenvalue weighted by molar-refractivity contribution is 5.88. The van der Waals surface area contributed by atoms with E-state index in [4.69, 9.17) is 9.78 Å². The first-order valence-corrected chi connectivity index (χ1v) is 7.93. The molecule has 1 aromatic carbocycles. The summed E-state index contributed by atoms with van der Waals surface area (Å²) in [4.78, 5) is 22.3. The van der Waals surface area contributed by atoms with Gasteiger partial charge in [-0.15, -0.1) is 0 Å². The van der Waals surface area contributed by atoms with Crippen LogP contribution >= 0.6 is 0 Å². The standard InChI is InChI=1S/C18H25O3/c1-4-5-15-8-10-16(11-9-15)18(19)21-20-17-12-13(2)6-7-14(17)3/h8-11,13-14H,4-7,12H2,1-3H3. The summed E-state index contributed by atoms with van der Waals surface area (Å²) in [5.74, 6) is 0.542. The maximum Gasteiger partial charge on any atom is 0.373 e. The molecular formula is C18H25O3. The predicted octanol–water partition coefficient (Wildman–Crippen LogP) is 4.72. The Balaban J connectivity index is 1.86. The average molecular weight is 289 g/mol. The van der Waals surface area contributed by atoms with Gasteiger partial charge in [0.25, 0.3) is 0 Å². The van der Waals surface area contributed by atoms with Crippen molar-refractivity contribution < 1.29 is 14.6 Å². The van der Waals surface area contributed by atoms with Gasteiger partial charge in [-0.1, -0.05) is 45.7 Å². The number of aryl methyl sites for hydroxylation is 1. The van der Waals surface area contributed by atoms with Crippen LogP contribution in [0.25, 0.3) is 0 Å². The highest BCUT2D eigenvalue weighted by Gasteiger charge is 2.29. The van der Waals surface area contributed by atoms with Crippen molar-refractivity contribution in [1.82, 2.24) is 0 Å². The largest absolute Gasteiger partial charge is 0.373 e. The van der Waals surface area contributed by atoms with Crippen LogP contribution in [0.1, 0.15) is 62.4 Å². The minimum atomic E-state index is -0.420. The second kappa shape index (κ2) is 7.60. The lowest BCUT2D eigenvalue weighted by atomic mass is 9.82. The Morgan fingerprint density at radius 1 is 1.19 bits per heavy atom. The quantitative estimate of drug-likeness (QED) is 0.581. The van der Waals surface area contributed by atoms with Gasteiger partial charge in [0.15, 0.2) is 6.10 Å². The van der Waals surface area contributed by atoms with Crippen molar-refractivity contribution in [1.29, 1.82) is 0 Å². The summed E-state index contributed by atoms with van der Waals surface area (Å²) in [6.07, 6.45) is 6.20. The van der Waals surface area contributed by atoms with E-state index in [1.807, 2.05) is 12.1 Å². The molecule has 0 aliphatic heterocycles. The number of hydrogen-bond acceptors (Lipinski definition) is 3. The van der Waals surface area contributed by atoms with Crippen molar-refractivity contribution in [3.63, 3.8) is 0 Å². The maximum atomic E-state index is 12.0. The Labute approximate surface area is 127 Å². The van der Waals surface area contributed by atoms with E-state index in [0.717, 1.165) is 31.8 Å². The zero-order chi connectivity index (χ0) is 15.2. The molecule has 3 heteroatoms. The topological polar surface area (TPSA) is 35.5 Å². The zero-order valence-electron chi connectivity index (χ0n) is 13.2. The van der Waals surface area contributed by atoms with Crippen LogP contribution in [0, 0.1) is 17.9 Å². The molecule has 1 radical (unpaired) electrons. The fourth-order valence-corrected chi connectivity index (χ4v) is 2.69. The van der Waals surface area contributed by atoms with E-state index >= 15 is 0 Å². The van der Waals surface area contributed by atoms with Gasteiger partial charge < -0.3 is 0 Å². The first-order valence-electron chi connectivity index (χ1n) is 7.93. The number of rotatable bonds is 5. The minimum absolute atomic E-state index is 0.362. The van der Waals surface area contributed by atoms with Crippen LogP contribution in [-0.4, -0.2) is 5.97 Å². The van der Waals surface area contributed by atoms with Gasteiger partial charge in [-0.3, -0.25) is 4.89 Å². The van der Waals surface area contributed by atoms with E-state index in [9.17, 15) is 4.79 Å². The minimum Gasteiger partial charge on any atom is -0.292 e. The van der Waals surface area contributed by atoms with Gasteiger partial charge >= 0.3 is 5.97 Å². The third kappa shape index (κ3) is 4.57. The molecule has 1 aliphatic rings. The number of carbonyl (C=O) groups is 1. The van der Waals surface area contributed by atoms with Gasteiger partial charge in [-0.25, -0.2) is 4.79 Å². The molecule has 3 nitrogen and oxygen atoms in total. The monoisotopic (exact) mass is 289 g/mol. The molecule has 0 heterocycles. The Morgan fingerprint density at radius 3 is 2.57 bits per heavy atom. The fraction of sp³-hybridized carbons (Fsp3) is 0.556. The van der Waals surface area contributed by atoms with Gasteiger partial charge in [-0.2, -0.15) is 4.89 Å². The van der Waals surface area contributed by atoms with Crippen molar-refractivity contribution in [2.75, 3.05) is 0 Å². The molecule has 21 heavy (non-hydrogen) atoms. The van der Waals surface area contributed by atoms with Gasteiger partial charge in [0.1, 0.15) is 0 Å². The normalized spacial score (nSPS) is 23.0. The predicted molar refractivity (Wildman–Crippen MR) is 82.4 cm³/mol. The molecule has 1 saturated carbocycles. The molecule has 0 N–H and O–H groups in total. The Morgan fingerprint density at radius 2 is 1.90 bits per heavy atom. The number of hydrogen-bond donors (Lipinski definition) is 0. The van der Waals surface area contributed by atoms with E-state index in [1.54, 1.807) is 12.1 Å². The van der Waals surface area contributed by atoms with Crippen molar-refractivity contribution in [3.05, 3.63) is 41.5 Å². The van der Waals surface area contributed by atoms with Crippen LogP contribution in [0.15, 0.2) is 24.3 Å². The van der Waals surface area contributed by atoms with E-state index in [0.29, 0.717) is 17.4 Å². The molecule has 1 aliphatic carbocycles. The van der Waals surface area contributed by atoms with Crippen molar-refractivity contribution >= 4 is 5.97 Å². The summed E-state index contributed by atoms with van der Waals surface area (Å²) < 4.78 is 0. The molecule has 2 unspecified atom stereocenters. The fourth-order valence-electron chi connectivity index (χ4n) is 2.69. The van der Waals surface area contributed by atoms with Crippen LogP contribution in [0.5, 0.6) is 0 Å². The number of benzene rings is 1. The summed E-state index contributed by atoms with van der Waals surface area (Å²) in [7, 11) is 0. The summed E-state index contributed by atoms with van der Waals surface area (Å²) in [5, 5.41) is 0. The van der Waals surface area contributed by atoms with E-state index in [-0.39, 0.29) is 0 Å². The van der Waals surface area contributed by atoms with Crippen molar-refractivity contribution in [2.24, 2.45) is 11.8 Å². The Bertz CT molecular complexity index is 452. The van der Waals surface area contributed by atoms with Gasteiger partial charge in [0.2, 0.25) is 0 Å². The zero-order valence-corrected chi connectivity index (χ0v) is 13.2. The van der Waals surface area contributed by atoms with Crippen LogP contribution in [0.2, 0.25) is 0 Å². The summed E-state index contributed by atoms with van der Waals surface area (Å²) >= 11 is 0. The summed E-state index contributed by atoms with van der Waals surface area (Å²) in [6, 6.07) is 7.54. The molecule has 0 spiro atoms. The van der Waals surface area contributed by atoms with Crippen molar-refractivity contribution in [3.8, 4) is 0 Å². The molecule has 0 saturated heterocycles. The molecule has 0 amide bonds. The summed E-state index contributed by atoms with van der Waals surface area (Å²) in [6.45, 7) is 6.46. The van der Waals surface area contributed by atoms with Crippen LogP contribution in [-0.2, 0) is 16.2 Å². The molecule has 1 aromatic rings. The third-order valence-corrected chi connectivity index (χ3v) is 4.14. The van der Waals surface area contributed by atoms with Crippen molar-refractivity contribution in [2.45, 2.75) is 52.9 Å². The second-order valence-electron chi connectivity index (χ2n) is 6.16. The molecule has 2 rings (SSSR count). The SMILES string of the molecule is CCCc1ccc(C(=O)OO[C]2CC(C)CCC2C)cc1. The van der Waals surface area contributed by atoms with Gasteiger partial charge in [0, 0.05) is 0 Å². The van der Waals surface area contributed by atoms with Crippen LogP contribution in [0.3, 0.4) is 0 Å². The highest BCUT2D eigenvalue weighted by Crippen LogP contribution is 2.35. The molecule has 0 aromatic heterocycles. The molecule has 0 bridgehead atoms.